The average Bonchev–Trinajstić information content (AvgIpc) is 3.12. The van der Waals surface area contributed by atoms with Crippen LogP contribution in [0.1, 0.15) is 49.2 Å². The van der Waals surface area contributed by atoms with E-state index < -0.39 is 0 Å². The van der Waals surface area contributed by atoms with Gasteiger partial charge in [0.2, 0.25) is 5.91 Å². The molecule has 0 aliphatic carbocycles. The van der Waals surface area contributed by atoms with Crippen LogP contribution in [0, 0.1) is 13.8 Å². The van der Waals surface area contributed by atoms with Crippen molar-refractivity contribution in [2.45, 2.75) is 58.8 Å². The molecule has 0 saturated heterocycles. The van der Waals surface area contributed by atoms with Crippen LogP contribution in [-0.4, -0.2) is 26.4 Å². The highest BCUT2D eigenvalue weighted by Crippen LogP contribution is 2.21. The molecule has 7 heteroatoms. The van der Waals surface area contributed by atoms with Gasteiger partial charge in [0.15, 0.2) is 11.0 Å². The fourth-order valence-electron chi connectivity index (χ4n) is 3.29. The van der Waals surface area contributed by atoms with Crippen LogP contribution >= 0.6 is 11.8 Å². The number of amides is 1. The Morgan fingerprint density at radius 2 is 1.77 bits per heavy atom. The van der Waals surface area contributed by atoms with E-state index in [0.717, 1.165) is 28.4 Å². The summed E-state index contributed by atoms with van der Waals surface area (Å²) in [4.78, 5) is 12.4. The number of hydrogen-bond donors (Lipinski definition) is 1. The minimum absolute atomic E-state index is 0.0685. The number of rotatable bonds is 9. The third-order valence-corrected chi connectivity index (χ3v) is 5.83. The van der Waals surface area contributed by atoms with Crippen LogP contribution < -0.4 is 10.1 Å². The number of carbonyl (C=O) groups is 1. The minimum atomic E-state index is -0.0685. The predicted molar refractivity (Wildman–Crippen MR) is 126 cm³/mol. The molecule has 0 aliphatic rings. The summed E-state index contributed by atoms with van der Waals surface area (Å²) in [6.07, 6.45) is 0. The summed E-state index contributed by atoms with van der Waals surface area (Å²) in [7, 11) is 0. The van der Waals surface area contributed by atoms with Gasteiger partial charge < -0.3 is 14.6 Å². The maximum absolute atomic E-state index is 12.4. The van der Waals surface area contributed by atoms with E-state index in [-0.39, 0.29) is 11.7 Å². The molecule has 0 aliphatic heterocycles. The molecule has 1 N–H and O–H groups in total. The molecule has 1 aromatic heterocycles. The average molecular weight is 439 g/mol. The van der Waals surface area contributed by atoms with Crippen molar-refractivity contribution in [2.24, 2.45) is 0 Å². The van der Waals surface area contributed by atoms with Crippen LogP contribution in [0.25, 0.3) is 0 Å². The topological polar surface area (TPSA) is 69.0 Å². The summed E-state index contributed by atoms with van der Waals surface area (Å²) in [5.74, 6) is 2.23. The Morgan fingerprint density at radius 3 is 2.39 bits per heavy atom. The fraction of sp³-hybridized carbons (Fsp3) is 0.375. The van der Waals surface area contributed by atoms with Crippen LogP contribution in [0.3, 0.4) is 0 Å². The molecule has 0 unspecified atom stereocenters. The SMILES string of the molecule is CCn1c(COc2cc(C)cc(C)c2)nnc1SCC(=O)Nc1ccc(C(C)C)cc1. The molecule has 3 aromatic rings. The highest BCUT2D eigenvalue weighted by Gasteiger charge is 2.14. The van der Waals surface area contributed by atoms with E-state index in [4.69, 9.17) is 4.74 Å². The molecular formula is C24H30N4O2S. The Labute approximate surface area is 188 Å². The predicted octanol–water partition coefficient (Wildman–Crippen LogP) is 5.35. The summed E-state index contributed by atoms with van der Waals surface area (Å²) in [6, 6.07) is 14.1. The Balaban J connectivity index is 1.56. The molecule has 31 heavy (non-hydrogen) atoms. The Kier molecular flexibility index (Phi) is 7.74. The number of aromatic nitrogens is 3. The van der Waals surface area contributed by atoms with Gasteiger partial charge in [0.1, 0.15) is 12.4 Å². The van der Waals surface area contributed by atoms with E-state index in [1.807, 2.05) is 61.7 Å². The number of aryl methyl sites for hydroxylation is 2. The summed E-state index contributed by atoms with van der Waals surface area (Å²) >= 11 is 1.38. The van der Waals surface area contributed by atoms with Gasteiger partial charge in [-0.05, 0) is 67.6 Å². The van der Waals surface area contributed by atoms with Crippen LogP contribution in [0.2, 0.25) is 0 Å². The van der Waals surface area contributed by atoms with Gasteiger partial charge in [-0.3, -0.25) is 4.79 Å². The number of thioether (sulfide) groups is 1. The van der Waals surface area contributed by atoms with E-state index in [2.05, 4.69) is 35.4 Å². The van der Waals surface area contributed by atoms with E-state index in [1.165, 1.54) is 17.3 Å². The first-order chi connectivity index (χ1) is 14.9. The molecule has 1 heterocycles. The Morgan fingerprint density at radius 1 is 1.10 bits per heavy atom. The molecular weight excluding hydrogens is 408 g/mol. The monoisotopic (exact) mass is 438 g/mol. The van der Waals surface area contributed by atoms with Gasteiger partial charge >= 0.3 is 0 Å². The van der Waals surface area contributed by atoms with Crippen molar-refractivity contribution < 1.29 is 9.53 Å². The van der Waals surface area contributed by atoms with Crippen molar-refractivity contribution >= 4 is 23.4 Å². The zero-order chi connectivity index (χ0) is 22.4. The molecule has 1 amide bonds. The Hall–Kier alpha value is -2.80. The lowest BCUT2D eigenvalue weighted by Gasteiger charge is -2.10. The van der Waals surface area contributed by atoms with E-state index in [1.54, 1.807) is 0 Å². The van der Waals surface area contributed by atoms with Gasteiger partial charge in [-0.1, -0.05) is 43.8 Å². The van der Waals surface area contributed by atoms with Gasteiger partial charge in [0.25, 0.3) is 0 Å². The fourth-order valence-corrected chi connectivity index (χ4v) is 4.11. The first kappa shape index (κ1) is 22.9. The second-order valence-electron chi connectivity index (χ2n) is 7.87. The lowest BCUT2D eigenvalue weighted by atomic mass is 10.0. The number of carbonyl (C=O) groups excluding carboxylic acids is 1. The first-order valence-electron chi connectivity index (χ1n) is 10.5. The molecule has 3 rings (SSSR count). The van der Waals surface area contributed by atoms with Crippen LogP contribution in [0.5, 0.6) is 5.75 Å². The van der Waals surface area contributed by atoms with Crippen LogP contribution in [-0.2, 0) is 17.9 Å². The summed E-state index contributed by atoms with van der Waals surface area (Å²) in [5.41, 5.74) is 4.37. The summed E-state index contributed by atoms with van der Waals surface area (Å²) in [5, 5.41) is 12.2. The van der Waals surface area contributed by atoms with E-state index in [0.29, 0.717) is 24.2 Å². The second-order valence-corrected chi connectivity index (χ2v) is 8.81. The third kappa shape index (κ3) is 6.34. The summed E-state index contributed by atoms with van der Waals surface area (Å²) < 4.78 is 7.91. The number of nitrogens with zero attached hydrogens (tertiary/aromatic N) is 3. The highest BCUT2D eigenvalue weighted by molar-refractivity contribution is 7.99. The normalized spacial score (nSPS) is 11.0. The molecule has 2 aromatic carbocycles. The molecule has 164 valence electrons. The number of hydrogen-bond acceptors (Lipinski definition) is 5. The van der Waals surface area contributed by atoms with Crippen LogP contribution in [0.4, 0.5) is 5.69 Å². The van der Waals surface area contributed by atoms with Crippen molar-refractivity contribution in [2.75, 3.05) is 11.1 Å². The molecule has 0 bridgehead atoms. The minimum Gasteiger partial charge on any atom is -0.486 e. The standard InChI is InChI=1S/C24H30N4O2S/c1-6-28-22(14-30-21-12-17(4)11-18(5)13-21)26-27-24(28)31-15-23(29)25-20-9-7-19(8-10-20)16(2)3/h7-13,16H,6,14-15H2,1-5H3,(H,25,29). The number of nitrogens with one attached hydrogen (secondary N) is 1. The molecule has 0 atom stereocenters. The smallest absolute Gasteiger partial charge is 0.234 e. The van der Waals surface area contributed by atoms with Crippen molar-refractivity contribution in [1.29, 1.82) is 0 Å². The van der Waals surface area contributed by atoms with Gasteiger partial charge in [-0.25, -0.2) is 0 Å². The molecule has 0 fully saturated rings. The Bertz CT molecular complexity index is 1010. The van der Waals surface area contributed by atoms with E-state index >= 15 is 0 Å². The van der Waals surface area contributed by atoms with Crippen molar-refractivity contribution in [3.63, 3.8) is 0 Å². The maximum Gasteiger partial charge on any atom is 0.234 e. The van der Waals surface area contributed by atoms with Gasteiger partial charge in [0.05, 0.1) is 5.75 Å². The first-order valence-corrected chi connectivity index (χ1v) is 11.5. The molecule has 0 saturated carbocycles. The van der Waals surface area contributed by atoms with Crippen molar-refractivity contribution in [3.8, 4) is 5.75 Å². The van der Waals surface area contributed by atoms with Gasteiger partial charge in [0, 0.05) is 12.2 Å². The number of anilines is 1. The second kappa shape index (κ2) is 10.5. The van der Waals surface area contributed by atoms with Crippen molar-refractivity contribution in [1.82, 2.24) is 14.8 Å². The highest BCUT2D eigenvalue weighted by atomic mass is 32.2. The maximum atomic E-state index is 12.4. The lowest BCUT2D eigenvalue weighted by Crippen LogP contribution is -2.15. The molecule has 0 spiro atoms. The van der Waals surface area contributed by atoms with Gasteiger partial charge in [-0.2, -0.15) is 0 Å². The van der Waals surface area contributed by atoms with Crippen LogP contribution in [0.15, 0.2) is 47.6 Å². The van der Waals surface area contributed by atoms with Crippen molar-refractivity contribution in [3.05, 3.63) is 65.0 Å². The molecule has 0 radical (unpaired) electrons. The number of benzene rings is 2. The van der Waals surface area contributed by atoms with Gasteiger partial charge in [-0.15, -0.1) is 10.2 Å². The molecule has 6 nitrogen and oxygen atoms in total. The van der Waals surface area contributed by atoms with E-state index in [9.17, 15) is 4.79 Å². The lowest BCUT2D eigenvalue weighted by molar-refractivity contribution is -0.113. The third-order valence-electron chi connectivity index (χ3n) is 4.87. The zero-order valence-corrected chi connectivity index (χ0v) is 19.6. The zero-order valence-electron chi connectivity index (χ0n) is 18.8. The largest absolute Gasteiger partial charge is 0.486 e. The quantitative estimate of drug-likeness (QED) is 0.456. The number of ether oxygens (including phenoxy) is 1. The summed E-state index contributed by atoms with van der Waals surface area (Å²) in [6.45, 7) is 11.5.